The second-order valence-electron chi connectivity index (χ2n) is 9.86. The van der Waals surface area contributed by atoms with Crippen LogP contribution in [0.3, 0.4) is 0 Å². The monoisotopic (exact) mass is 501 g/mol. The van der Waals surface area contributed by atoms with E-state index < -0.39 is 0 Å². The third-order valence-corrected chi connectivity index (χ3v) is 7.88. The zero-order valence-corrected chi connectivity index (χ0v) is 22.3. The number of aromatic nitrogens is 6. The van der Waals surface area contributed by atoms with Crippen LogP contribution < -0.4 is 10.5 Å². The smallest absolute Gasteiger partial charge is 0.252 e. The van der Waals surface area contributed by atoms with Crippen molar-refractivity contribution < 1.29 is 0 Å². The molecule has 3 atom stereocenters. The molecule has 0 bridgehead atoms. The van der Waals surface area contributed by atoms with Crippen molar-refractivity contribution >= 4 is 27.9 Å². The minimum atomic E-state index is -0.0677. The third kappa shape index (κ3) is 4.17. The molecule has 0 N–H and O–H groups in total. The molecule has 194 valence electrons. The van der Waals surface area contributed by atoms with Crippen LogP contribution in [0.15, 0.2) is 35.4 Å². The van der Waals surface area contributed by atoms with Gasteiger partial charge >= 0.3 is 0 Å². The van der Waals surface area contributed by atoms with Crippen LogP contribution in [0.5, 0.6) is 0 Å². The number of rotatable bonds is 7. The predicted octanol–water partition coefficient (Wildman–Crippen LogP) is 3.46. The predicted molar refractivity (Wildman–Crippen MR) is 144 cm³/mol. The van der Waals surface area contributed by atoms with Crippen molar-refractivity contribution in [3.63, 3.8) is 0 Å². The first-order valence-electron chi connectivity index (χ1n) is 13.2. The van der Waals surface area contributed by atoms with E-state index in [9.17, 15) is 10.1 Å². The maximum Gasteiger partial charge on any atom is 0.252 e. The van der Waals surface area contributed by atoms with E-state index in [4.69, 9.17) is 10.1 Å². The number of hydrogen-bond donors (Lipinski definition) is 0. The number of nitriles is 1. The molecule has 1 saturated heterocycles. The molecule has 0 aromatic carbocycles. The van der Waals surface area contributed by atoms with Crippen LogP contribution in [-0.4, -0.2) is 59.0 Å². The molecular weight excluding hydrogens is 466 g/mol. The van der Waals surface area contributed by atoms with Crippen molar-refractivity contribution in [2.75, 3.05) is 18.0 Å². The van der Waals surface area contributed by atoms with Crippen molar-refractivity contribution in [2.45, 2.75) is 71.8 Å². The van der Waals surface area contributed by atoms with Crippen molar-refractivity contribution in [2.24, 2.45) is 7.05 Å². The van der Waals surface area contributed by atoms with Gasteiger partial charge < -0.3 is 14.0 Å². The molecule has 5 rings (SSSR count). The molecule has 0 amide bonds. The molecule has 0 saturated carbocycles. The van der Waals surface area contributed by atoms with Gasteiger partial charge in [-0.2, -0.15) is 10.4 Å². The molecule has 0 spiro atoms. The number of imidazole rings is 1. The summed E-state index contributed by atoms with van der Waals surface area (Å²) in [5.74, 6) is 1.05. The Hall–Kier alpha value is -3.71. The number of piperazine rings is 1. The van der Waals surface area contributed by atoms with Gasteiger partial charge in [-0.25, -0.2) is 9.97 Å². The normalized spacial score (nSPS) is 19.5. The van der Waals surface area contributed by atoms with Crippen molar-refractivity contribution in [3.05, 3.63) is 46.8 Å². The van der Waals surface area contributed by atoms with Gasteiger partial charge in [-0.15, -0.1) is 0 Å². The highest BCUT2D eigenvalue weighted by atomic mass is 16.1. The molecule has 1 fully saturated rings. The summed E-state index contributed by atoms with van der Waals surface area (Å²) in [6.07, 6.45) is 5.53. The molecule has 4 aromatic rings. The van der Waals surface area contributed by atoms with E-state index in [1.165, 1.54) is 0 Å². The third-order valence-electron chi connectivity index (χ3n) is 7.88. The van der Waals surface area contributed by atoms with Gasteiger partial charge in [0.05, 0.1) is 29.5 Å². The molecule has 10 nitrogen and oxygen atoms in total. The molecule has 0 aliphatic carbocycles. The molecular formula is C27H35N9O. The van der Waals surface area contributed by atoms with Gasteiger partial charge in [0.2, 0.25) is 0 Å². The summed E-state index contributed by atoms with van der Waals surface area (Å²) in [5, 5.41) is 13.9. The van der Waals surface area contributed by atoms with Gasteiger partial charge in [-0.3, -0.25) is 14.4 Å². The van der Waals surface area contributed by atoms with Gasteiger partial charge in [0, 0.05) is 51.0 Å². The van der Waals surface area contributed by atoms with Gasteiger partial charge in [0.25, 0.3) is 5.56 Å². The zero-order chi connectivity index (χ0) is 26.3. The lowest BCUT2D eigenvalue weighted by atomic mass is 9.99. The maximum atomic E-state index is 12.9. The van der Waals surface area contributed by atoms with Crippen LogP contribution in [0.1, 0.15) is 52.4 Å². The number of nitrogens with zero attached hydrogens (tertiary/aromatic N) is 9. The van der Waals surface area contributed by atoms with E-state index in [-0.39, 0.29) is 30.2 Å². The molecule has 1 aliphatic rings. The number of hydrogen-bond acceptors (Lipinski definition) is 7. The lowest BCUT2D eigenvalue weighted by Gasteiger charge is -2.49. The van der Waals surface area contributed by atoms with Crippen LogP contribution in [0.4, 0.5) is 5.69 Å². The maximum absolute atomic E-state index is 12.9. The lowest BCUT2D eigenvalue weighted by Crippen LogP contribution is -2.59. The Balaban J connectivity index is 1.53. The summed E-state index contributed by atoms with van der Waals surface area (Å²) >= 11 is 0. The van der Waals surface area contributed by atoms with Crippen LogP contribution in [0.25, 0.3) is 22.2 Å². The second kappa shape index (κ2) is 9.98. The first-order chi connectivity index (χ1) is 17.9. The zero-order valence-electron chi connectivity index (χ0n) is 22.3. The summed E-state index contributed by atoms with van der Waals surface area (Å²) in [7, 11) is 1.76. The molecule has 1 aliphatic heterocycles. The number of anilines is 1. The first kappa shape index (κ1) is 25.0. The Morgan fingerprint density at radius 1 is 1.19 bits per heavy atom. The second-order valence-corrected chi connectivity index (χ2v) is 9.86. The average Bonchev–Trinajstić information content (AvgIpc) is 3.51. The van der Waals surface area contributed by atoms with E-state index in [0.717, 1.165) is 66.2 Å². The summed E-state index contributed by atoms with van der Waals surface area (Å²) in [6, 6.07) is 8.43. The van der Waals surface area contributed by atoms with Crippen molar-refractivity contribution in [1.82, 2.24) is 33.8 Å². The molecule has 5 heterocycles. The van der Waals surface area contributed by atoms with E-state index in [1.807, 2.05) is 18.3 Å². The Kier molecular flexibility index (Phi) is 6.73. The quantitative estimate of drug-likeness (QED) is 0.382. The highest BCUT2D eigenvalue weighted by Crippen LogP contribution is 2.34. The van der Waals surface area contributed by atoms with Crippen molar-refractivity contribution in [1.29, 1.82) is 5.26 Å². The molecule has 4 aromatic heterocycles. The Labute approximate surface area is 216 Å². The first-order valence-corrected chi connectivity index (χ1v) is 13.2. The van der Waals surface area contributed by atoms with E-state index in [0.29, 0.717) is 0 Å². The highest BCUT2D eigenvalue weighted by molar-refractivity contribution is 5.88. The minimum Gasteiger partial charge on any atom is -0.364 e. The Morgan fingerprint density at radius 3 is 2.68 bits per heavy atom. The van der Waals surface area contributed by atoms with Crippen molar-refractivity contribution in [3.8, 4) is 6.07 Å². The summed E-state index contributed by atoms with van der Waals surface area (Å²) in [6.45, 7) is 11.4. The fourth-order valence-corrected chi connectivity index (χ4v) is 5.82. The molecule has 0 unspecified atom stereocenters. The van der Waals surface area contributed by atoms with E-state index in [1.54, 1.807) is 28.6 Å². The Bertz CT molecular complexity index is 1520. The van der Waals surface area contributed by atoms with Crippen LogP contribution in [0.2, 0.25) is 0 Å². The molecule has 37 heavy (non-hydrogen) atoms. The van der Waals surface area contributed by atoms with Crippen LogP contribution >= 0.6 is 0 Å². The largest absolute Gasteiger partial charge is 0.364 e. The highest BCUT2D eigenvalue weighted by Gasteiger charge is 2.37. The standard InChI is InChI=1S/C27H35N9O/c1-6-19-16-36(22-14-24(37)32(5)23-17-33(13-11-28)31-25(22)23)20(7-2)15-35(19)18(4)26-30-21-10-9-12-29-27(21)34(26)8-3/h9-10,12,14,17-20H,6-8,13,15-16H2,1-5H3/t18-,19-,20+/m1/s1. The van der Waals surface area contributed by atoms with E-state index >= 15 is 0 Å². The lowest BCUT2D eigenvalue weighted by molar-refractivity contribution is 0.0953. The molecule has 0 radical (unpaired) electrons. The summed E-state index contributed by atoms with van der Waals surface area (Å²) in [5.41, 5.74) is 4.17. The SMILES string of the molecule is CC[C@H]1CN([C@H](C)c2nc3cccnc3n2CC)[C@H](CC)CN1c1cc(=O)n(C)c2cn(CC#N)nc12. The van der Waals surface area contributed by atoms with Crippen LogP contribution in [-0.2, 0) is 20.1 Å². The minimum absolute atomic E-state index is 0.0677. The summed E-state index contributed by atoms with van der Waals surface area (Å²) in [4.78, 5) is 27.5. The number of fused-ring (bicyclic) bond motifs is 2. The fourth-order valence-electron chi connectivity index (χ4n) is 5.82. The topological polar surface area (TPSA) is 101 Å². The summed E-state index contributed by atoms with van der Waals surface area (Å²) < 4.78 is 5.46. The fraction of sp³-hybridized carbons (Fsp3) is 0.519. The molecule has 10 heteroatoms. The van der Waals surface area contributed by atoms with Gasteiger partial charge in [-0.05, 0) is 38.8 Å². The Morgan fingerprint density at radius 2 is 1.97 bits per heavy atom. The number of aryl methyl sites for hydroxylation is 2. The van der Waals surface area contributed by atoms with Gasteiger partial charge in [0.1, 0.15) is 23.4 Å². The van der Waals surface area contributed by atoms with E-state index in [2.05, 4.69) is 53.1 Å². The van der Waals surface area contributed by atoms with Crippen LogP contribution in [0, 0.1) is 11.3 Å². The average molecular weight is 502 g/mol. The number of pyridine rings is 2. The van der Waals surface area contributed by atoms with Gasteiger partial charge in [0.15, 0.2) is 5.65 Å². The van der Waals surface area contributed by atoms with Gasteiger partial charge in [-0.1, -0.05) is 13.8 Å².